The van der Waals surface area contributed by atoms with Crippen LogP contribution in [0.2, 0.25) is 5.02 Å². The van der Waals surface area contributed by atoms with Crippen LogP contribution in [-0.4, -0.2) is 25.2 Å². The fraction of sp³-hybridized carbons (Fsp3) is 0.0435. The highest BCUT2D eigenvalue weighted by Crippen LogP contribution is 2.29. The van der Waals surface area contributed by atoms with Gasteiger partial charge in [0.1, 0.15) is 5.69 Å². The van der Waals surface area contributed by atoms with Crippen LogP contribution in [0.25, 0.3) is 28.6 Å². The van der Waals surface area contributed by atoms with E-state index in [0.29, 0.717) is 23.3 Å². The normalized spacial score (nSPS) is 10.9. The van der Waals surface area contributed by atoms with Gasteiger partial charge >= 0.3 is 0 Å². The summed E-state index contributed by atoms with van der Waals surface area (Å²) in [6.45, 7) is 0.483. The van der Waals surface area contributed by atoms with E-state index in [1.807, 2.05) is 85.1 Å². The molecule has 0 radical (unpaired) electrons. The highest BCUT2D eigenvalue weighted by Gasteiger charge is 2.14. The first-order valence-corrected chi connectivity index (χ1v) is 10.0. The first-order valence-electron chi connectivity index (χ1n) is 9.66. The van der Waals surface area contributed by atoms with E-state index in [9.17, 15) is 0 Å². The van der Waals surface area contributed by atoms with Gasteiger partial charge in [0.15, 0.2) is 0 Å². The van der Waals surface area contributed by atoms with Crippen molar-refractivity contribution in [1.29, 1.82) is 0 Å². The van der Waals surface area contributed by atoms with Gasteiger partial charge < -0.3 is 9.73 Å². The highest BCUT2D eigenvalue weighted by atomic mass is 35.5. The Bertz CT molecular complexity index is 1310. The first-order chi connectivity index (χ1) is 15.3. The summed E-state index contributed by atoms with van der Waals surface area (Å²) >= 11 is 6.07. The number of nitrogens with zero attached hydrogens (tertiary/aromatic N) is 5. The zero-order chi connectivity index (χ0) is 21.0. The summed E-state index contributed by atoms with van der Waals surface area (Å²) in [5.41, 5.74) is 4.20. The summed E-state index contributed by atoms with van der Waals surface area (Å²) in [7, 11) is 0. The van der Waals surface area contributed by atoms with Gasteiger partial charge in [-0.25, -0.2) is 4.68 Å². The number of nitrogens with one attached hydrogen (secondary N) is 1. The third kappa shape index (κ3) is 4.17. The van der Waals surface area contributed by atoms with Gasteiger partial charge in [-0.1, -0.05) is 53.2 Å². The molecule has 152 valence electrons. The summed E-state index contributed by atoms with van der Waals surface area (Å²) in [6.07, 6.45) is 1.86. The Morgan fingerprint density at radius 3 is 2.52 bits per heavy atom. The van der Waals surface area contributed by atoms with Crippen LogP contribution in [0.3, 0.4) is 0 Å². The number of hydrogen-bond donors (Lipinski definition) is 1. The number of hydrogen-bond acceptors (Lipinski definition) is 6. The van der Waals surface area contributed by atoms with Crippen LogP contribution in [0.15, 0.2) is 89.5 Å². The average molecular weight is 429 g/mol. The quantitative estimate of drug-likeness (QED) is 0.397. The Morgan fingerprint density at radius 1 is 0.839 bits per heavy atom. The fourth-order valence-electron chi connectivity index (χ4n) is 3.16. The van der Waals surface area contributed by atoms with E-state index >= 15 is 0 Å². The number of rotatable bonds is 6. The highest BCUT2D eigenvalue weighted by molar-refractivity contribution is 6.30. The van der Waals surface area contributed by atoms with Gasteiger partial charge in [-0.3, -0.25) is 0 Å². The van der Waals surface area contributed by atoms with Gasteiger partial charge in [0.2, 0.25) is 11.8 Å². The molecule has 0 aliphatic carbocycles. The molecule has 0 unspecified atom stereocenters. The largest absolute Gasteiger partial charge is 0.416 e. The van der Waals surface area contributed by atoms with E-state index < -0.39 is 0 Å². The number of benzene rings is 3. The third-order valence-corrected chi connectivity index (χ3v) is 4.91. The summed E-state index contributed by atoms with van der Waals surface area (Å²) in [5.74, 6) is 0.930. The Labute approximate surface area is 183 Å². The van der Waals surface area contributed by atoms with Crippen LogP contribution in [0.1, 0.15) is 5.69 Å². The minimum atomic E-state index is 0.449. The van der Waals surface area contributed by atoms with Crippen molar-refractivity contribution in [3.05, 3.63) is 95.8 Å². The van der Waals surface area contributed by atoms with E-state index in [2.05, 4.69) is 25.8 Å². The Hall–Kier alpha value is -3.97. The zero-order valence-electron chi connectivity index (χ0n) is 16.3. The molecule has 3 aromatic carbocycles. The molecule has 0 amide bonds. The number of halogens is 1. The lowest BCUT2D eigenvalue weighted by molar-refractivity contribution is 0.585. The molecule has 0 fully saturated rings. The molecule has 0 saturated heterocycles. The first kappa shape index (κ1) is 19.0. The van der Waals surface area contributed by atoms with Crippen molar-refractivity contribution in [2.75, 3.05) is 5.32 Å². The molecular formula is C23H17ClN6O. The fourth-order valence-corrected chi connectivity index (χ4v) is 3.35. The topological polar surface area (TPSA) is 81.7 Å². The standard InChI is InChI=1S/C23H17ClN6O/c24-17-9-6-10-19(13-17)30-15-18(26-29-30)14-25-21-12-5-4-11-20(21)23-28-27-22(31-23)16-7-2-1-3-8-16/h1-13,15,25H,14H2. The van der Waals surface area contributed by atoms with E-state index in [0.717, 1.165) is 28.2 Å². The molecule has 0 bridgehead atoms. The number of para-hydroxylation sites is 1. The van der Waals surface area contributed by atoms with Crippen LogP contribution < -0.4 is 5.32 Å². The third-order valence-electron chi connectivity index (χ3n) is 4.68. The minimum absolute atomic E-state index is 0.449. The molecule has 2 heterocycles. The molecule has 31 heavy (non-hydrogen) atoms. The Kier molecular flexibility index (Phi) is 5.16. The summed E-state index contributed by atoms with van der Waals surface area (Å²) in [4.78, 5) is 0. The molecule has 5 aromatic rings. The van der Waals surface area contributed by atoms with Crippen LogP contribution in [0.4, 0.5) is 5.69 Å². The van der Waals surface area contributed by atoms with Crippen molar-refractivity contribution in [3.63, 3.8) is 0 Å². The SMILES string of the molecule is Clc1cccc(-n2cc(CNc3ccccc3-c3nnc(-c4ccccc4)o3)nn2)c1. The second kappa shape index (κ2) is 8.41. The average Bonchev–Trinajstić information content (AvgIpc) is 3.49. The molecule has 2 aromatic heterocycles. The monoisotopic (exact) mass is 428 g/mol. The van der Waals surface area contributed by atoms with Crippen molar-refractivity contribution in [2.24, 2.45) is 0 Å². The van der Waals surface area contributed by atoms with Crippen LogP contribution in [0.5, 0.6) is 0 Å². The predicted octanol–water partition coefficient (Wildman–Crippen LogP) is 5.25. The second-order valence-corrected chi connectivity index (χ2v) is 7.25. The second-order valence-electron chi connectivity index (χ2n) is 6.81. The van der Waals surface area contributed by atoms with Gasteiger partial charge in [-0.05, 0) is 42.5 Å². The maximum Gasteiger partial charge on any atom is 0.250 e. The lowest BCUT2D eigenvalue weighted by Crippen LogP contribution is -2.01. The maximum atomic E-state index is 6.07. The molecule has 7 nitrogen and oxygen atoms in total. The van der Waals surface area contributed by atoms with Crippen molar-refractivity contribution in [3.8, 4) is 28.6 Å². The molecule has 0 atom stereocenters. The summed E-state index contributed by atoms with van der Waals surface area (Å²) in [5, 5.41) is 20.9. The Morgan fingerprint density at radius 2 is 1.65 bits per heavy atom. The van der Waals surface area contributed by atoms with Crippen LogP contribution in [0, 0.1) is 0 Å². The minimum Gasteiger partial charge on any atom is -0.416 e. The summed E-state index contributed by atoms with van der Waals surface area (Å²) < 4.78 is 7.61. The molecular weight excluding hydrogens is 412 g/mol. The summed E-state index contributed by atoms with van der Waals surface area (Å²) in [6, 6.07) is 24.9. The molecule has 0 saturated carbocycles. The lowest BCUT2D eigenvalue weighted by Gasteiger charge is -2.08. The predicted molar refractivity (Wildman–Crippen MR) is 119 cm³/mol. The van der Waals surface area contributed by atoms with Gasteiger partial charge in [0, 0.05) is 16.3 Å². The smallest absolute Gasteiger partial charge is 0.250 e. The molecule has 8 heteroatoms. The van der Waals surface area contributed by atoms with Gasteiger partial charge in [-0.15, -0.1) is 15.3 Å². The molecule has 0 spiro atoms. The molecule has 0 aliphatic rings. The van der Waals surface area contributed by atoms with E-state index in [1.165, 1.54) is 0 Å². The molecule has 0 aliphatic heterocycles. The van der Waals surface area contributed by atoms with Crippen molar-refractivity contribution in [2.45, 2.75) is 6.54 Å². The number of aromatic nitrogens is 5. The lowest BCUT2D eigenvalue weighted by atomic mass is 10.1. The van der Waals surface area contributed by atoms with Gasteiger partial charge in [0.05, 0.1) is 24.0 Å². The van der Waals surface area contributed by atoms with Gasteiger partial charge in [0.25, 0.3) is 0 Å². The van der Waals surface area contributed by atoms with Gasteiger partial charge in [-0.2, -0.15) is 0 Å². The number of anilines is 1. The van der Waals surface area contributed by atoms with Crippen LogP contribution in [-0.2, 0) is 6.54 Å². The molecule has 1 N–H and O–H groups in total. The molecule has 5 rings (SSSR count). The van der Waals surface area contributed by atoms with E-state index in [4.69, 9.17) is 16.0 Å². The van der Waals surface area contributed by atoms with Crippen molar-refractivity contribution >= 4 is 17.3 Å². The van der Waals surface area contributed by atoms with E-state index in [-0.39, 0.29) is 0 Å². The van der Waals surface area contributed by atoms with Crippen molar-refractivity contribution in [1.82, 2.24) is 25.2 Å². The van der Waals surface area contributed by atoms with E-state index in [1.54, 1.807) is 4.68 Å². The zero-order valence-corrected chi connectivity index (χ0v) is 17.1. The Balaban J connectivity index is 1.35. The maximum absolute atomic E-state index is 6.07. The van der Waals surface area contributed by atoms with Crippen molar-refractivity contribution < 1.29 is 4.42 Å². The van der Waals surface area contributed by atoms with Crippen LogP contribution >= 0.6 is 11.6 Å².